The number of carbonyl (C=O) groups excluding carboxylic acids is 1. The summed E-state index contributed by atoms with van der Waals surface area (Å²) in [4.78, 5) is 22.8. The Morgan fingerprint density at radius 1 is 1.30 bits per heavy atom. The summed E-state index contributed by atoms with van der Waals surface area (Å²) in [6, 6.07) is 8.06. The number of aliphatic carboxylic acids is 1. The fourth-order valence-corrected chi connectivity index (χ4v) is 3.85. The van der Waals surface area contributed by atoms with Gasteiger partial charge in [0, 0.05) is 31.8 Å². The van der Waals surface area contributed by atoms with Gasteiger partial charge in [0.05, 0.1) is 12.7 Å². The number of carboxylic acids is 1. The van der Waals surface area contributed by atoms with E-state index < -0.39 is 12.1 Å². The lowest BCUT2D eigenvalue weighted by Crippen LogP contribution is -2.14. The molecule has 0 saturated heterocycles. The van der Waals surface area contributed by atoms with Crippen LogP contribution in [0.25, 0.3) is 0 Å². The molecular formula is C25H34O5. The molecule has 1 saturated carbocycles. The van der Waals surface area contributed by atoms with Gasteiger partial charge in [0.15, 0.2) is 0 Å². The maximum Gasteiger partial charge on any atom is 0.303 e. The average Bonchev–Trinajstić information content (AvgIpc) is 3.07. The number of rotatable bonds is 13. The number of benzene rings is 1. The van der Waals surface area contributed by atoms with Gasteiger partial charge in [0.25, 0.3) is 0 Å². The molecule has 3 atom stereocenters. The molecule has 0 bridgehead atoms. The van der Waals surface area contributed by atoms with Crippen molar-refractivity contribution < 1.29 is 24.5 Å². The lowest BCUT2D eigenvalue weighted by atomic mass is 9.91. The molecule has 1 fully saturated rings. The molecule has 0 aromatic heterocycles. The van der Waals surface area contributed by atoms with E-state index >= 15 is 0 Å². The summed E-state index contributed by atoms with van der Waals surface area (Å²) in [6.45, 7) is 3.22. The van der Waals surface area contributed by atoms with E-state index in [9.17, 15) is 14.7 Å². The summed E-state index contributed by atoms with van der Waals surface area (Å²) >= 11 is 0. The predicted octanol–water partition coefficient (Wildman–Crippen LogP) is 4.48. The zero-order chi connectivity index (χ0) is 21.8. The van der Waals surface area contributed by atoms with Crippen molar-refractivity contribution in [3.05, 3.63) is 59.7 Å². The lowest BCUT2D eigenvalue weighted by molar-refractivity contribution is -0.137. The minimum Gasteiger partial charge on any atom is -0.481 e. The van der Waals surface area contributed by atoms with Crippen molar-refractivity contribution >= 4 is 11.8 Å². The van der Waals surface area contributed by atoms with Crippen LogP contribution in [0.15, 0.2) is 48.6 Å². The number of ketones is 1. The molecule has 1 aliphatic rings. The van der Waals surface area contributed by atoms with Gasteiger partial charge in [-0.1, -0.05) is 48.6 Å². The van der Waals surface area contributed by atoms with Gasteiger partial charge in [-0.05, 0) is 49.7 Å². The van der Waals surface area contributed by atoms with Crippen LogP contribution in [0.4, 0.5) is 0 Å². The van der Waals surface area contributed by atoms with E-state index in [0.29, 0.717) is 38.9 Å². The molecule has 1 aliphatic carbocycles. The average molecular weight is 415 g/mol. The third-order valence-corrected chi connectivity index (χ3v) is 5.46. The molecule has 30 heavy (non-hydrogen) atoms. The summed E-state index contributed by atoms with van der Waals surface area (Å²) in [5.74, 6) is -0.393. The highest BCUT2D eigenvalue weighted by Crippen LogP contribution is 2.33. The van der Waals surface area contributed by atoms with Gasteiger partial charge in [-0.15, -0.1) is 0 Å². The number of hydrogen-bond donors (Lipinski definition) is 2. The van der Waals surface area contributed by atoms with E-state index in [0.717, 1.165) is 24.0 Å². The summed E-state index contributed by atoms with van der Waals surface area (Å²) in [7, 11) is 0. The number of allylic oxidation sites excluding steroid dienone is 3. The van der Waals surface area contributed by atoms with Crippen molar-refractivity contribution in [2.45, 2.75) is 64.6 Å². The highest BCUT2D eigenvalue weighted by atomic mass is 16.5. The zero-order valence-corrected chi connectivity index (χ0v) is 17.8. The monoisotopic (exact) mass is 414 g/mol. The van der Waals surface area contributed by atoms with Crippen LogP contribution in [0.2, 0.25) is 0 Å². The summed E-state index contributed by atoms with van der Waals surface area (Å²) in [6.07, 6.45) is 11.3. The topological polar surface area (TPSA) is 83.8 Å². The first-order valence-corrected chi connectivity index (χ1v) is 10.9. The third-order valence-electron chi connectivity index (χ3n) is 5.46. The van der Waals surface area contributed by atoms with Crippen LogP contribution < -0.4 is 0 Å². The van der Waals surface area contributed by atoms with Crippen molar-refractivity contribution in [1.82, 2.24) is 0 Å². The third kappa shape index (κ3) is 8.64. The van der Waals surface area contributed by atoms with E-state index in [4.69, 9.17) is 9.84 Å². The van der Waals surface area contributed by atoms with Crippen molar-refractivity contribution in [3.63, 3.8) is 0 Å². The normalized spacial score (nSPS) is 20.4. The van der Waals surface area contributed by atoms with Crippen LogP contribution in [-0.4, -0.2) is 34.7 Å². The second kappa shape index (κ2) is 13.1. The van der Waals surface area contributed by atoms with E-state index in [2.05, 4.69) is 6.07 Å². The zero-order valence-electron chi connectivity index (χ0n) is 17.8. The summed E-state index contributed by atoms with van der Waals surface area (Å²) in [5, 5.41) is 19.1. The van der Waals surface area contributed by atoms with Crippen LogP contribution >= 0.6 is 0 Å². The van der Waals surface area contributed by atoms with Gasteiger partial charge in [-0.3, -0.25) is 9.59 Å². The Hall–Kier alpha value is -2.24. The Morgan fingerprint density at radius 3 is 2.87 bits per heavy atom. The number of carbonyl (C=O) groups is 2. The highest BCUT2D eigenvalue weighted by molar-refractivity contribution is 5.83. The molecule has 0 radical (unpaired) electrons. The van der Waals surface area contributed by atoms with Crippen LogP contribution in [0, 0.1) is 11.8 Å². The largest absolute Gasteiger partial charge is 0.481 e. The molecule has 5 heteroatoms. The number of aliphatic hydroxyl groups is 1. The first-order valence-electron chi connectivity index (χ1n) is 10.9. The Bertz CT molecular complexity index is 737. The highest BCUT2D eigenvalue weighted by Gasteiger charge is 2.31. The maximum atomic E-state index is 12.2. The first kappa shape index (κ1) is 24.0. The lowest BCUT2D eigenvalue weighted by Gasteiger charge is -2.14. The van der Waals surface area contributed by atoms with Crippen LogP contribution in [0.5, 0.6) is 0 Å². The molecule has 2 N–H and O–H groups in total. The fourth-order valence-electron chi connectivity index (χ4n) is 3.85. The number of hydrogen-bond acceptors (Lipinski definition) is 4. The Kier molecular flexibility index (Phi) is 10.5. The van der Waals surface area contributed by atoms with Crippen molar-refractivity contribution in [2.24, 2.45) is 11.8 Å². The number of unbranched alkanes of at least 4 members (excludes halogenated alkanes) is 1. The van der Waals surface area contributed by atoms with Gasteiger partial charge in [0.2, 0.25) is 0 Å². The summed E-state index contributed by atoms with van der Waals surface area (Å²) in [5.41, 5.74) is 2.16. The standard InChI is InChI=1S/C25H34O5/c1-2-30-18-20-9-7-8-19(16-20)17-22(26)14-12-21-13-15-24(27)23(21)10-5-3-4-6-11-25(28)29/h3,5,7-9,12,14,16,21-23,26H,2,4,6,10-11,13,15,17-18H2,1H3,(H,28,29)/b5-3-,14-12+/t21-,22-,23+/m0/s1. The molecule has 2 rings (SSSR count). The number of ether oxygens (including phenoxy) is 1. The van der Waals surface area contributed by atoms with Crippen LogP contribution in [0.1, 0.15) is 56.6 Å². The molecule has 1 aromatic rings. The Morgan fingerprint density at radius 2 is 2.10 bits per heavy atom. The fraction of sp³-hybridized carbons (Fsp3) is 0.520. The minimum atomic E-state index is -0.779. The van der Waals surface area contributed by atoms with Gasteiger partial charge in [-0.25, -0.2) is 0 Å². The molecule has 1 aromatic carbocycles. The van der Waals surface area contributed by atoms with E-state index in [1.54, 1.807) is 0 Å². The van der Waals surface area contributed by atoms with Gasteiger partial charge in [0.1, 0.15) is 5.78 Å². The molecule has 0 heterocycles. The van der Waals surface area contributed by atoms with Crippen molar-refractivity contribution in [1.29, 1.82) is 0 Å². The Balaban J connectivity index is 1.83. The molecule has 5 nitrogen and oxygen atoms in total. The Labute approximate surface area is 179 Å². The van der Waals surface area contributed by atoms with E-state index in [1.807, 2.05) is 49.4 Å². The second-order valence-corrected chi connectivity index (χ2v) is 7.88. The number of aliphatic hydroxyl groups excluding tert-OH is 1. The van der Waals surface area contributed by atoms with Gasteiger partial charge >= 0.3 is 5.97 Å². The summed E-state index contributed by atoms with van der Waals surface area (Å²) < 4.78 is 5.44. The molecule has 0 amide bonds. The maximum absolute atomic E-state index is 12.2. The van der Waals surface area contributed by atoms with Gasteiger partial charge < -0.3 is 14.9 Å². The predicted molar refractivity (Wildman–Crippen MR) is 117 cm³/mol. The molecule has 164 valence electrons. The van der Waals surface area contributed by atoms with Crippen molar-refractivity contribution in [2.75, 3.05) is 6.61 Å². The van der Waals surface area contributed by atoms with Crippen LogP contribution in [0.3, 0.4) is 0 Å². The second-order valence-electron chi connectivity index (χ2n) is 7.88. The molecule has 0 unspecified atom stereocenters. The van der Waals surface area contributed by atoms with E-state index in [-0.39, 0.29) is 24.0 Å². The van der Waals surface area contributed by atoms with Gasteiger partial charge in [-0.2, -0.15) is 0 Å². The SMILES string of the molecule is CCOCc1cccc(C[C@@H](O)/C=C/[C@H]2CCC(=O)[C@@H]2C/C=C\CCCC(=O)O)c1. The minimum absolute atomic E-state index is 0.0429. The molecular weight excluding hydrogens is 380 g/mol. The molecule has 0 spiro atoms. The smallest absolute Gasteiger partial charge is 0.303 e. The molecule has 0 aliphatic heterocycles. The van der Waals surface area contributed by atoms with E-state index in [1.165, 1.54) is 0 Å². The number of Topliss-reactive ketones (excluding diaryl/α,β-unsaturated/α-hetero) is 1. The van der Waals surface area contributed by atoms with Crippen molar-refractivity contribution in [3.8, 4) is 0 Å². The quantitative estimate of drug-likeness (QED) is 0.367. The first-order chi connectivity index (χ1) is 14.5. The number of carboxylic acid groups (broad SMARTS) is 1. The van der Waals surface area contributed by atoms with Crippen LogP contribution in [-0.2, 0) is 27.4 Å².